The predicted molar refractivity (Wildman–Crippen MR) is 109 cm³/mol. The maximum atomic E-state index is 12.6. The summed E-state index contributed by atoms with van der Waals surface area (Å²) in [6, 6.07) is 3.07. The van der Waals surface area contributed by atoms with E-state index in [9.17, 15) is 15.0 Å². The van der Waals surface area contributed by atoms with Gasteiger partial charge in [0.2, 0.25) is 0 Å². The first-order valence-corrected chi connectivity index (χ1v) is 9.63. The lowest BCUT2D eigenvalue weighted by Gasteiger charge is -2.12. The van der Waals surface area contributed by atoms with Crippen molar-refractivity contribution in [1.82, 2.24) is 20.3 Å². The number of nitrogens with zero attached hydrogens (tertiary/aromatic N) is 3. The molecule has 0 saturated heterocycles. The van der Waals surface area contributed by atoms with E-state index in [2.05, 4.69) is 15.6 Å². The molecule has 8 nitrogen and oxygen atoms in total. The van der Waals surface area contributed by atoms with Gasteiger partial charge in [-0.15, -0.1) is 0 Å². The quantitative estimate of drug-likeness (QED) is 0.577. The van der Waals surface area contributed by atoms with E-state index in [1.807, 2.05) is 40.8 Å². The molecule has 0 saturated carbocycles. The highest BCUT2D eigenvalue weighted by molar-refractivity contribution is 6.02. The van der Waals surface area contributed by atoms with Gasteiger partial charge in [0.25, 0.3) is 5.91 Å². The average Bonchev–Trinajstić information content (AvgIpc) is 3.28. The van der Waals surface area contributed by atoms with Crippen LogP contribution in [0.2, 0.25) is 0 Å². The van der Waals surface area contributed by atoms with Crippen LogP contribution in [0.4, 0.5) is 0 Å². The summed E-state index contributed by atoms with van der Waals surface area (Å²) in [6.07, 6.45) is 3.45. The minimum Gasteiger partial charge on any atom is -0.508 e. The van der Waals surface area contributed by atoms with E-state index in [0.29, 0.717) is 28.8 Å². The first-order valence-electron chi connectivity index (χ1n) is 9.63. The number of aromatic nitrogens is 3. The molecule has 2 heterocycles. The molecule has 0 fully saturated rings. The second-order valence-corrected chi connectivity index (χ2v) is 7.48. The van der Waals surface area contributed by atoms with Crippen molar-refractivity contribution >= 4 is 5.91 Å². The molecule has 29 heavy (non-hydrogen) atoms. The fraction of sp³-hybridized carbons (Fsp3) is 0.381. The van der Waals surface area contributed by atoms with Gasteiger partial charge < -0.3 is 20.1 Å². The molecule has 2 aromatic heterocycles. The Morgan fingerprint density at radius 3 is 2.52 bits per heavy atom. The van der Waals surface area contributed by atoms with Crippen molar-refractivity contribution in [3.05, 3.63) is 35.8 Å². The van der Waals surface area contributed by atoms with Crippen molar-refractivity contribution in [2.24, 2.45) is 0 Å². The standard InChI is InChI=1S/C21H26N4O4/c1-6-22-21(28)19-18(13-9-23-25(10-13)12(4)5)20(29-24-19)15-7-14(11(2)3)16(26)8-17(15)27/h7-12,26-27H,6H2,1-5H3,(H,22,28). The molecule has 0 atom stereocenters. The highest BCUT2D eigenvalue weighted by atomic mass is 16.5. The zero-order valence-corrected chi connectivity index (χ0v) is 17.2. The summed E-state index contributed by atoms with van der Waals surface area (Å²) in [7, 11) is 0. The summed E-state index contributed by atoms with van der Waals surface area (Å²) < 4.78 is 7.31. The molecule has 1 aromatic carbocycles. The fourth-order valence-electron chi connectivity index (χ4n) is 3.13. The Kier molecular flexibility index (Phi) is 5.63. The normalized spacial score (nSPS) is 11.4. The van der Waals surface area contributed by atoms with Gasteiger partial charge in [0.1, 0.15) is 11.5 Å². The van der Waals surface area contributed by atoms with Gasteiger partial charge in [-0.3, -0.25) is 9.48 Å². The molecular weight excluding hydrogens is 372 g/mol. The number of aromatic hydroxyl groups is 2. The fourth-order valence-corrected chi connectivity index (χ4v) is 3.13. The Balaban J connectivity index is 2.25. The van der Waals surface area contributed by atoms with Crippen molar-refractivity contribution in [2.75, 3.05) is 6.54 Å². The van der Waals surface area contributed by atoms with Crippen LogP contribution < -0.4 is 5.32 Å². The van der Waals surface area contributed by atoms with Gasteiger partial charge >= 0.3 is 0 Å². The number of hydrogen-bond donors (Lipinski definition) is 3. The maximum absolute atomic E-state index is 12.6. The van der Waals surface area contributed by atoms with Crippen LogP contribution >= 0.6 is 0 Å². The third kappa shape index (κ3) is 3.83. The van der Waals surface area contributed by atoms with Gasteiger partial charge in [-0.2, -0.15) is 5.10 Å². The van der Waals surface area contributed by atoms with E-state index < -0.39 is 0 Å². The summed E-state index contributed by atoms with van der Waals surface area (Å²) in [5.41, 5.74) is 2.21. The minimum absolute atomic E-state index is 0.00103. The van der Waals surface area contributed by atoms with E-state index >= 15 is 0 Å². The van der Waals surface area contributed by atoms with Gasteiger partial charge in [-0.1, -0.05) is 19.0 Å². The first-order chi connectivity index (χ1) is 13.7. The van der Waals surface area contributed by atoms with Crippen LogP contribution in [0, 0.1) is 0 Å². The number of rotatable bonds is 6. The second-order valence-electron chi connectivity index (χ2n) is 7.48. The summed E-state index contributed by atoms with van der Waals surface area (Å²) in [5, 5.41) is 31.7. The number of amides is 1. The van der Waals surface area contributed by atoms with Crippen LogP contribution in [0.25, 0.3) is 22.5 Å². The van der Waals surface area contributed by atoms with E-state index in [-0.39, 0.29) is 40.8 Å². The molecule has 0 aliphatic heterocycles. The average molecular weight is 398 g/mol. The van der Waals surface area contributed by atoms with Crippen LogP contribution in [0.15, 0.2) is 29.0 Å². The van der Waals surface area contributed by atoms with E-state index in [1.54, 1.807) is 16.9 Å². The molecule has 0 spiro atoms. The smallest absolute Gasteiger partial charge is 0.274 e. The number of hydrogen-bond acceptors (Lipinski definition) is 6. The molecule has 3 rings (SSSR count). The lowest BCUT2D eigenvalue weighted by Crippen LogP contribution is -2.23. The van der Waals surface area contributed by atoms with E-state index in [4.69, 9.17) is 4.52 Å². The number of phenolic OH excluding ortho intramolecular Hbond substituents is 2. The van der Waals surface area contributed by atoms with Crippen LogP contribution in [-0.2, 0) is 0 Å². The Morgan fingerprint density at radius 1 is 1.21 bits per heavy atom. The number of nitrogens with one attached hydrogen (secondary N) is 1. The van der Waals surface area contributed by atoms with Gasteiger partial charge in [-0.05, 0) is 38.3 Å². The number of carbonyl (C=O) groups excluding carboxylic acids is 1. The van der Waals surface area contributed by atoms with Crippen LogP contribution in [-0.4, -0.2) is 37.6 Å². The molecule has 1 amide bonds. The molecule has 0 bridgehead atoms. The number of benzene rings is 1. The van der Waals surface area contributed by atoms with E-state index in [0.717, 1.165) is 0 Å². The Labute approximate surface area is 169 Å². The number of phenols is 2. The lowest BCUT2D eigenvalue weighted by atomic mass is 9.95. The minimum atomic E-state index is -0.378. The Bertz CT molecular complexity index is 1030. The van der Waals surface area contributed by atoms with Crippen LogP contribution in [0.3, 0.4) is 0 Å². The zero-order valence-electron chi connectivity index (χ0n) is 17.2. The summed E-state index contributed by atoms with van der Waals surface area (Å²) in [6.45, 7) is 10.1. The van der Waals surface area contributed by atoms with Crippen molar-refractivity contribution < 1.29 is 19.5 Å². The first kappa shape index (κ1) is 20.4. The summed E-state index contributed by atoms with van der Waals surface area (Å²) >= 11 is 0. The van der Waals surface area contributed by atoms with Crippen molar-refractivity contribution in [1.29, 1.82) is 0 Å². The summed E-state index contributed by atoms with van der Waals surface area (Å²) in [5.74, 6) is -0.278. The van der Waals surface area contributed by atoms with Gasteiger partial charge in [0.15, 0.2) is 11.5 Å². The lowest BCUT2D eigenvalue weighted by molar-refractivity contribution is 0.0947. The third-order valence-electron chi connectivity index (χ3n) is 4.68. The Hall–Kier alpha value is -3.29. The van der Waals surface area contributed by atoms with Gasteiger partial charge in [0.05, 0.1) is 17.3 Å². The molecule has 3 N–H and O–H groups in total. The molecule has 154 valence electrons. The molecule has 8 heteroatoms. The monoisotopic (exact) mass is 398 g/mol. The molecule has 0 radical (unpaired) electrons. The third-order valence-corrected chi connectivity index (χ3v) is 4.68. The largest absolute Gasteiger partial charge is 0.508 e. The topological polar surface area (TPSA) is 113 Å². The molecule has 0 aliphatic rings. The van der Waals surface area contributed by atoms with Crippen LogP contribution in [0.5, 0.6) is 11.5 Å². The highest BCUT2D eigenvalue weighted by Crippen LogP contribution is 2.43. The Morgan fingerprint density at radius 2 is 1.93 bits per heavy atom. The highest BCUT2D eigenvalue weighted by Gasteiger charge is 2.27. The molecule has 0 aliphatic carbocycles. The van der Waals surface area contributed by atoms with Crippen molar-refractivity contribution in [3.8, 4) is 33.9 Å². The van der Waals surface area contributed by atoms with Gasteiger partial charge in [0, 0.05) is 30.4 Å². The SMILES string of the molecule is CCNC(=O)c1noc(-c2cc(C(C)C)c(O)cc2O)c1-c1cnn(C(C)C)c1. The predicted octanol–water partition coefficient (Wildman–Crippen LogP) is 4.07. The zero-order chi connectivity index (χ0) is 21.3. The van der Waals surface area contributed by atoms with E-state index in [1.165, 1.54) is 6.07 Å². The molecule has 0 unspecified atom stereocenters. The molecule has 3 aromatic rings. The summed E-state index contributed by atoms with van der Waals surface area (Å²) in [4.78, 5) is 12.6. The maximum Gasteiger partial charge on any atom is 0.274 e. The van der Waals surface area contributed by atoms with Gasteiger partial charge in [-0.25, -0.2) is 0 Å². The molecular formula is C21H26N4O4. The van der Waals surface area contributed by atoms with Crippen molar-refractivity contribution in [3.63, 3.8) is 0 Å². The van der Waals surface area contributed by atoms with Crippen LogP contribution in [0.1, 0.15) is 62.6 Å². The van der Waals surface area contributed by atoms with Crippen molar-refractivity contribution in [2.45, 2.75) is 46.6 Å². The second kappa shape index (κ2) is 7.98. The number of carbonyl (C=O) groups is 1.